The van der Waals surface area contributed by atoms with Crippen LogP contribution in [0.5, 0.6) is 11.5 Å². The Labute approximate surface area is 91.0 Å². The van der Waals surface area contributed by atoms with Gasteiger partial charge in [-0.2, -0.15) is 0 Å². The number of benzene rings is 1. The minimum absolute atomic E-state index is 0.141. The highest BCUT2D eigenvalue weighted by molar-refractivity contribution is 6.30. The van der Waals surface area contributed by atoms with Crippen LogP contribution in [0.2, 0.25) is 0 Å². The number of hydrogen-bond donors (Lipinski definition) is 3. The lowest BCUT2D eigenvalue weighted by Crippen LogP contribution is -2.07. The number of phenols is 1. The Bertz CT molecular complexity index is 394. The maximum atomic E-state index is 10.6. The third-order valence-corrected chi connectivity index (χ3v) is 2.30. The van der Waals surface area contributed by atoms with E-state index in [2.05, 4.69) is 0 Å². The molecule has 1 aromatic carbocycles. The summed E-state index contributed by atoms with van der Waals surface area (Å²) in [6, 6.07) is 2.50. The lowest BCUT2D eigenvalue weighted by atomic mass is 10.1. The van der Waals surface area contributed by atoms with Crippen molar-refractivity contribution < 1.29 is 19.7 Å². The summed E-state index contributed by atoms with van der Waals surface area (Å²) in [6.07, 6.45) is 0. The quantitative estimate of drug-likeness (QED) is 0.415. The van der Waals surface area contributed by atoms with Gasteiger partial charge in [-0.05, 0) is 6.07 Å². The molecular weight excluding hydrogens is 222 g/mol. The molecule has 0 aliphatic rings. The van der Waals surface area contributed by atoms with Crippen molar-refractivity contribution in [3.63, 3.8) is 0 Å². The first kappa shape index (κ1) is 11.5. The number of halogens is 1. The molecule has 1 unspecified atom stereocenters. The molecule has 15 heavy (non-hydrogen) atoms. The second-order valence-corrected chi connectivity index (χ2v) is 3.29. The normalized spacial score (nSPS) is 12.1. The van der Waals surface area contributed by atoms with Gasteiger partial charge in [0.15, 0.2) is 16.9 Å². The summed E-state index contributed by atoms with van der Waals surface area (Å²) in [4.78, 5) is 10.6. The molecule has 1 rings (SSSR count). The Morgan fingerprint density at radius 3 is 2.67 bits per heavy atom. The van der Waals surface area contributed by atoms with Gasteiger partial charge in [0, 0.05) is 17.3 Å². The molecule has 0 aliphatic heterocycles. The number of phenolic OH excluding ortho intramolecular Hbond substituents is 1. The molecule has 0 bridgehead atoms. The number of carbonyl (C=O) groups is 1. The smallest absolute Gasteiger partial charge is 0.326 e. The summed E-state index contributed by atoms with van der Waals surface area (Å²) in [5.74, 6) is -1.26. The highest BCUT2D eigenvalue weighted by atomic mass is 35.5. The maximum absolute atomic E-state index is 10.6. The molecule has 0 amide bonds. The molecule has 5 nitrogen and oxygen atoms in total. The van der Waals surface area contributed by atoms with E-state index in [1.54, 1.807) is 0 Å². The second-order valence-electron chi connectivity index (χ2n) is 2.85. The SMILES string of the molecule is COc1cc(N)c(C(Cl)C(=O)O)cc1O. The van der Waals surface area contributed by atoms with Crippen molar-refractivity contribution in [2.45, 2.75) is 5.38 Å². The number of aliphatic carboxylic acids is 1. The molecule has 0 saturated carbocycles. The third-order valence-electron chi connectivity index (χ3n) is 1.87. The van der Waals surface area contributed by atoms with Crippen LogP contribution in [0.3, 0.4) is 0 Å². The summed E-state index contributed by atoms with van der Waals surface area (Å²) in [5, 5.41) is 16.8. The number of aromatic hydroxyl groups is 1. The van der Waals surface area contributed by atoms with E-state index in [0.29, 0.717) is 0 Å². The van der Waals surface area contributed by atoms with Gasteiger partial charge < -0.3 is 20.7 Å². The van der Waals surface area contributed by atoms with E-state index in [-0.39, 0.29) is 22.7 Å². The number of rotatable bonds is 3. The van der Waals surface area contributed by atoms with Gasteiger partial charge in [-0.3, -0.25) is 4.79 Å². The monoisotopic (exact) mass is 231 g/mol. The zero-order valence-corrected chi connectivity index (χ0v) is 8.65. The summed E-state index contributed by atoms with van der Waals surface area (Å²) in [7, 11) is 1.36. The number of carboxylic acids is 1. The van der Waals surface area contributed by atoms with Crippen molar-refractivity contribution in [1.29, 1.82) is 0 Å². The number of ether oxygens (including phenoxy) is 1. The molecule has 6 heteroatoms. The van der Waals surface area contributed by atoms with Crippen molar-refractivity contribution >= 4 is 23.3 Å². The molecule has 0 aliphatic carbocycles. The van der Waals surface area contributed by atoms with Gasteiger partial charge in [0.25, 0.3) is 0 Å². The zero-order chi connectivity index (χ0) is 11.6. The average Bonchev–Trinajstić information content (AvgIpc) is 2.19. The number of nitrogens with two attached hydrogens (primary N) is 1. The summed E-state index contributed by atoms with van der Waals surface area (Å²) >= 11 is 5.58. The molecular formula is C9H10ClNO4. The van der Waals surface area contributed by atoms with Gasteiger partial charge in [-0.25, -0.2) is 0 Å². The lowest BCUT2D eigenvalue weighted by Gasteiger charge is -2.11. The van der Waals surface area contributed by atoms with Crippen molar-refractivity contribution in [3.8, 4) is 11.5 Å². The van der Waals surface area contributed by atoms with Gasteiger partial charge >= 0.3 is 5.97 Å². The van der Waals surface area contributed by atoms with Crippen LogP contribution < -0.4 is 10.5 Å². The zero-order valence-electron chi connectivity index (χ0n) is 7.90. The molecule has 1 aromatic rings. The van der Waals surface area contributed by atoms with Crippen molar-refractivity contribution in [1.82, 2.24) is 0 Å². The number of methoxy groups -OCH3 is 1. The second kappa shape index (κ2) is 4.27. The molecule has 1 atom stereocenters. The summed E-state index contributed by atoms with van der Waals surface area (Å²) in [6.45, 7) is 0. The van der Waals surface area contributed by atoms with Crippen LogP contribution >= 0.6 is 11.6 Å². The Hall–Kier alpha value is -1.62. The summed E-state index contributed by atoms with van der Waals surface area (Å²) < 4.78 is 4.80. The standard InChI is InChI=1S/C9H10ClNO4/c1-15-7-3-5(11)4(2-6(7)12)8(10)9(13)14/h2-3,8,12H,11H2,1H3,(H,13,14). The van der Waals surface area contributed by atoms with Crippen LogP contribution in [0.15, 0.2) is 12.1 Å². The highest BCUT2D eigenvalue weighted by Gasteiger charge is 2.21. The van der Waals surface area contributed by atoms with Crippen LogP contribution in [-0.2, 0) is 4.79 Å². The van der Waals surface area contributed by atoms with Gasteiger partial charge in [0.2, 0.25) is 0 Å². The van der Waals surface area contributed by atoms with E-state index in [1.807, 2.05) is 0 Å². The van der Waals surface area contributed by atoms with E-state index < -0.39 is 11.3 Å². The van der Waals surface area contributed by atoms with Crippen molar-refractivity contribution in [2.75, 3.05) is 12.8 Å². The molecule has 82 valence electrons. The van der Waals surface area contributed by atoms with E-state index in [4.69, 9.17) is 27.2 Å². The predicted molar refractivity (Wildman–Crippen MR) is 55.3 cm³/mol. The van der Waals surface area contributed by atoms with Crippen molar-refractivity contribution in [3.05, 3.63) is 17.7 Å². The predicted octanol–water partition coefficient (Wildman–Crippen LogP) is 1.35. The maximum Gasteiger partial charge on any atom is 0.326 e. The fourth-order valence-corrected chi connectivity index (χ4v) is 1.31. The number of nitrogen functional groups attached to an aromatic ring is 1. The van der Waals surface area contributed by atoms with Crippen LogP contribution in [0.1, 0.15) is 10.9 Å². The van der Waals surface area contributed by atoms with E-state index in [1.165, 1.54) is 19.2 Å². The number of hydrogen-bond acceptors (Lipinski definition) is 4. The average molecular weight is 232 g/mol. The molecule has 0 fully saturated rings. The molecule has 0 heterocycles. The van der Waals surface area contributed by atoms with Gasteiger partial charge in [0.1, 0.15) is 0 Å². The van der Waals surface area contributed by atoms with Crippen LogP contribution in [0, 0.1) is 0 Å². The Morgan fingerprint density at radius 2 is 2.20 bits per heavy atom. The largest absolute Gasteiger partial charge is 0.504 e. The molecule has 0 spiro atoms. The van der Waals surface area contributed by atoms with Gasteiger partial charge in [0.05, 0.1) is 7.11 Å². The number of anilines is 1. The lowest BCUT2D eigenvalue weighted by molar-refractivity contribution is -0.136. The van der Waals surface area contributed by atoms with E-state index in [0.717, 1.165) is 0 Å². The first-order valence-corrected chi connectivity index (χ1v) is 4.44. The van der Waals surface area contributed by atoms with Crippen LogP contribution in [-0.4, -0.2) is 23.3 Å². The third kappa shape index (κ3) is 2.24. The number of carboxylic acid groups (broad SMARTS) is 1. The first-order valence-electron chi connectivity index (χ1n) is 4.00. The fourth-order valence-electron chi connectivity index (χ4n) is 1.12. The van der Waals surface area contributed by atoms with E-state index in [9.17, 15) is 9.90 Å². The Kier molecular flexibility index (Phi) is 3.26. The van der Waals surface area contributed by atoms with Crippen LogP contribution in [0.25, 0.3) is 0 Å². The Morgan fingerprint density at radius 1 is 1.60 bits per heavy atom. The fraction of sp³-hybridized carbons (Fsp3) is 0.222. The topological polar surface area (TPSA) is 92.8 Å². The van der Waals surface area contributed by atoms with E-state index >= 15 is 0 Å². The highest BCUT2D eigenvalue weighted by Crippen LogP contribution is 2.35. The number of alkyl halides is 1. The molecule has 0 saturated heterocycles. The van der Waals surface area contributed by atoms with Gasteiger partial charge in [-0.1, -0.05) is 0 Å². The van der Waals surface area contributed by atoms with Crippen molar-refractivity contribution in [2.24, 2.45) is 0 Å². The first-order chi connectivity index (χ1) is 6.97. The molecule has 0 aromatic heterocycles. The molecule has 0 radical (unpaired) electrons. The van der Waals surface area contributed by atoms with Crippen LogP contribution in [0.4, 0.5) is 5.69 Å². The minimum Gasteiger partial charge on any atom is -0.504 e. The Balaban J connectivity index is 3.21. The molecule has 4 N–H and O–H groups in total. The summed E-state index contributed by atoms with van der Waals surface area (Å²) in [5.41, 5.74) is 5.87. The van der Waals surface area contributed by atoms with Gasteiger partial charge in [-0.15, -0.1) is 11.6 Å². The minimum atomic E-state index is -1.29.